The predicted molar refractivity (Wildman–Crippen MR) is 162 cm³/mol. The van der Waals surface area contributed by atoms with E-state index in [1.54, 1.807) is 12.1 Å². The van der Waals surface area contributed by atoms with Crippen molar-refractivity contribution in [2.75, 3.05) is 4.90 Å². The molecule has 5 aromatic carbocycles. The summed E-state index contributed by atoms with van der Waals surface area (Å²) in [4.78, 5) is 51.5. The molecule has 0 fully saturated rings. The molecule has 7 rings (SSSR count). The maximum absolute atomic E-state index is 13.5. The molecule has 1 N–H and O–H groups in total. The van der Waals surface area contributed by atoms with Gasteiger partial charge in [0.25, 0.3) is 23.6 Å². The second-order valence-corrected chi connectivity index (χ2v) is 12.4. The molecule has 0 bridgehead atoms. The molecule has 8 nitrogen and oxygen atoms in total. The zero-order valence-electron chi connectivity index (χ0n) is 22.9. The summed E-state index contributed by atoms with van der Waals surface area (Å²) in [7, 11) is -4.19. The van der Waals surface area contributed by atoms with Gasteiger partial charge >= 0.3 is 0 Å². The zero-order chi connectivity index (χ0) is 30.6. The van der Waals surface area contributed by atoms with Crippen LogP contribution in [0.15, 0.2) is 131 Å². The molecule has 0 saturated heterocycles. The molecule has 9 heteroatoms. The summed E-state index contributed by atoms with van der Waals surface area (Å²) >= 11 is 0. The molecule has 0 radical (unpaired) electrons. The average Bonchev–Trinajstić information content (AvgIpc) is 3.48. The van der Waals surface area contributed by atoms with Crippen LogP contribution in [0.3, 0.4) is 0 Å². The van der Waals surface area contributed by atoms with Crippen LogP contribution in [0.1, 0.15) is 64.0 Å². The van der Waals surface area contributed by atoms with Gasteiger partial charge in [-0.1, -0.05) is 72.8 Å². The molecular weight excluding hydrogens is 576 g/mol. The standard InChI is InChI=1S/C35H22N2O6S/c38-32-27-17-15-25(19-29(27)33(39)36-32)44(42,43)26-16-18-28-30(20-26)35(41)37(34(28)40)24-13-11-23(12-14-24)31(21-7-3-1-4-8-21)22-9-5-2-6-10-22/h1-20,31H,(H,36,38,39). The molecule has 2 aliphatic rings. The fraction of sp³-hybridized carbons (Fsp3) is 0.0286. The van der Waals surface area contributed by atoms with Crippen molar-refractivity contribution in [2.45, 2.75) is 15.7 Å². The lowest BCUT2D eigenvalue weighted by Crippen LogP contribution is -2.29. The van der Waals surface area contributed by atoms with Crippen LogP contribution in [-0.2, 0) is 9.84 Å². The van der Waals surface area contributed by atoms with Crippen molar-refractivity contribution in [2.24, 2.45) is 0 Å². The smallest absolute Gasteiger partial charge is 0.266 e. The Balaban J connectivity index is 1.20. The summed E-state index contributed by atoms with van der Waals surface area (Å²) in [6.45, 7) is 0. The molecule has 214 valence electrons. The van der Waals surface area contributed by atoms with Crippen LogP contribution >= 0.6 is 0 Å². The van der Waals surface area contributed by atoms with E-state index in [2.05, 4.69) is 29.6 Å². The number of hydrogen-bond donors (Lipinski definition) is 1. The van der Waals surface area contributed by atoms with Gasteiger partial charge in [0.2, 0.25) is 9.84 Å². The topological polar surface area (TPSA) is 118 Å². The van der Waals surface area contributed by atoms with E-state index in [4.69, 9.17) is 0 Å². The lowest BCUT2D eigenvalue weighted by atomic mass is 9.85. The summed E-state index contributed by atoms with van der Waals surface area (Å²) in [5, 5.41) is 2.13. The number of imide groups is 2. The third-order valence-corrected chi connectivity index (χ3v) is 9.69. The molecule has 2 aliphatic heterocycles. The number of hydrogen-bond acceptors (Lipinski definition) is 6. The highest BCUT2D eigenvalue weighted by molar-refractivity contribution is 7.91. The van der Waals surface area contributed by atoms with Crippen molar-refractivity contribution in [1.29, 1.82) is 0 Å². The van der Waals surface area contributed by atoms with Crippen molar-refractivity contribution >= 4 is 39.2 Å². The van der Waals surface area contributed by atoms with Gasteiger partial charge in [-0.3, -0.25) is 24.5 Å². The summed E-state index contributed by atoms with van der Waals surface area (Å²) in [5.74, 6) is -2.55. The first-order valence-electron chi connectivity index (χ1n) is 13.7. The average molecular weight is 599 g/mol. The molecule has 5 aromatic rings. The summed E-state index contributed by atoms with van der Waals surface area (Å²) < 4.78 is 26.9. The largest absolute Gasteiger partial charge is 0.288 e. The Morgan fingerprint density at radius 3 is 1.57 bits per heavy atom. The first-order valence-corrected chi connectivity index (χ1v) is 15.2. The number of sulfone groups is 1. The second-order valence-electron chi connectivity index (χ2n) is 10.5. The molecule has 2 heterocycles. The van der Waals surface area contributed by atoms with Crippen molar-refractivity contribution in [3.8, 4) is 0 Å². The summed E-state index contributed by atoms with van der Waals surface area (Å²) in [6.07, 6.45) is 0. The minimum atomic E-state index is -4.19. The maximum atomic E-state index is 13.5. The van der Waals surface area contributed by atoms with Gasteiger partial charge in [-0.25, -0.2) is 13.3 Å². The van der Waals surface area contributed by atoms with E-state index in [9.17, 15) is 27.6 Å². The van der Waals surface area contributed by atoms with Crippen LogP contribution in [0.2, 0.25) is 0 Å². The van der Waals surface area contributed by atoms with E-state index in [0.29, 0.717) is 5.69 Å². The summed E-state index contributed by atoms with van der Waals surface area (Å²) in [5.41, 5.74) is 3.61. The Bertz CT molecular complexity index is 2090. The van der Waals surface area contributed by atoms with Gasteiger partial charge in [-0.05, 0) is 65.2 Å². The molecule has 44 heavy (non-hydrogen) atoms. The van der Waals surface area contributed by atoms with Gasteiger partial charge in [0.15, 0.2) is 0 Å². The molecular formula is C35H22N2O6S. The first kappa shape index (κ1) is 27.2. The minimum Gasteiger partial charge on any atom is -0.288 e. The van der Waals surface area contributed by atoms with Crippen molar-refractivity contribution < 1.29 is 27.6 Å². The highest BCUT2D eigenvalue weighted by Crippen LogP contribution is 2.36. The van der Waals surface area contributed by atoms with E-state index in [-0.39, 0.29) is 38.0 Å². The van der Waals surface area contributed by atoms with E-state index in [0.717, 1.165) is 27.7 Å². The molecule has 0 saturated carbocycles. The highest BCUT2D eigenvalue weighted by Gasteiger charge is 2.38. The quantitative estimate of drug-likeness (QED) is 0.207. The zero-order valence-corrected chi connectivity index (χ0v) is 23.7. The van der Waals surface area contributed by atoms with E-state index in [1.165, 1.54) is 30.3 Å². The Kier molecular flexibility index (Phi) is 6.33. The van der Waals surface area contributed by atoms with Crippen molar-refractivity contribution in [3.63, 3.8) is 0 Å². The number of rotatable bonds is 6. The third kappa shape index (κ3) is 4.33. The molecule has 0 spiro atoms. The van der Waals surface area contributed by atoms with Gasteiger partial charge in [0.05, 0.1) is 37.7 Å². The van der Waals surface area contributed by atoms with Crippen LogP contribution in [0.5, 0.6) is 0 Å². The van der Waals surface area contributed by atoms with Crippen LogP contribution in [0, 0.1) is 0 Å². The lowest BCUT2D eigenvalue weighted by Gasteiger charge is -2.20. The number of nitrogens with zero attached hydrogens (tertiary/aromatic N) is 1. The van der Waals surface area contributed by atoms with Gasteiger partial charge < -0.3 is 0 Å². The minimum absolute atomic E-state index is 0.0410. The van der Waals surface area contributed by atoms with Gasteiger partial charge in [0.1, 0.15) is 0 Å². The SMILES string of the molecule is O=C1NC(=O)c2cc(S(=O)(=O)c3ccc4c(c3)C(=O)N(c3ccc(C(c5ccccc5)c5ccccc5)cc3)C4=O)ccc21. The Labute approximate surface area is 252 Å². The Morgan fingerprint density at radius 1 is 0.500 bits per heavy atom. The van der Waals surface area contributed by atoms with Crippen LogP contribution < -0.4 is 10.2 Å². The monoisotopic (exact) mass is 598 g/mol. The predicted octanol–water partition coefficient (Wildman–Crippen LogP) is 5.38. The first-order chi connectivity index (χ1) is 21.2. The fourth-order valence-electron chi connectivity index (χ4n) is 5.76. The van der Waals surface area contributed by atoms with Gasteiger partial charge in [-0.15, -0.1) is 0 Å². The number of fused-ring (bicyclic) bond motifs is 2. The summed E-state index contributed by atoms with van der Waals surface area (Å²) in [6, 6.07) is 34.7. The molecule has 0 atom stereocenters. The van der Waals surface area contributed by atoms with Crippen molar-refractivity contribution in [3.05, 3.63) is 160 Å². The van der Waals surface area contributed by atoms with E-state index < -0.39 is 33.5 Å². The number of anilines is 1. The normalized spacial score (nSPS) is 14.2. The van der Waals surface area contributed by atoms with Crippen molar-refractivity contribution in [1.82, 2.24) is 5.32 Å². The molecule has 4 amide bonds. The highest BCUT2D eigenvalue weighted by atomic mass is 32.2. The van der Waals surface area contributed by atoms with E-state index in [1.807, 2.05) is 48.5 Å². The van der Waals surface area contributed by atoms with Crippen LogP contribution in [-0.4, -0.2) is 32.0 Å². The van der Waals surface area contributed by atoms with Gasteiger partial charge in [0, 0.05) is 5.92 Å². The Morgan fingerprint density at radius 2 is 0.977 bits per heavy atom. The van der Waals surface area contributed by atoms with E-state index >= 15 is 0 Å². The Hall–Kier alpha value is -5.67. The number of carbonyl (C=O) groups excluding carboxylic acids is 4. The number of carbonyl (C=O) groups is 4. The number of nitrogens with one attached hydrogen (secondary N) is 1. The molecule has 0 unspecified atom stereocenters. The maximum Gasteiger partial charge on any atom is 0.266 e. The fourth-order valence-corrected chi connectivity index (χ4v) is 7.07. The number of amides is 4. The molecule has 0 aliphatic carbocycles. The lowest BCUT2D eigenvalue weighted by molar-refractivity contribution is 0.0874. The third-order valence-electron chi connectivity index (χ3n) is 7.94. The number of benzene rings is 5. The van der Waals surface area contributed by atoms with Crippen LogP contribution in [0.25, 0.3) is 0 Å². The van der Waals surface area contributed by atoms with Crippen LogP contribution in [0.4, 0.5) is 5.69 Å². The molecule has 0 aromatic heterocycles. The second kappa shape index (κ2) is 10.3. The van der Waals surface area contributed by atoms with Gasteiger partial charge in [-0.2, -0.15) is 0 Å².